The number of nitrogens with one attached hydrogen (secondary N) is 2. The number of hydrogen-bond donors (Lipinski definition) is 3. The Morgan fingerprint density at radius 2 is 1.82 bits per heavy atom. The average molecular weight is 384 g/mol. The fourth-order valence-electron chi connectivity index (χ4n) is 2.62. The van der Waals surface area contributed by atoms with E-state index in [0.717, 1.165) is 24.0 Å². The second-order valence-corrected chi connectivity index (χ2v) is 6.76. The van der Waals surface area contributed by atoms with Crippen molar-refractivity contribution in [2.24, 2.45) is 0 Å². The summed E-state index contributed by atoms with van der Waals surface area (Å²) in [6.07, 6.45) is 1.00. The summed E-state index contributed by atoms with van der Waals surface area (Å²) in [5, 5.41) is 15.6. The van der Waals surface area contributed by atoms with Gasteiger partial charge < -0.3 is 20.5 Å². The van der Waals surface area contributed by atoms with Crippen LogP contribution in [0.1, 0.15) is 37.3 Å². The molecule has 2 aromatic carbocycles. The molecule has 0 saturated heterocycles. The van der Waals surface area contributed by atoms with Crippen LogP contribution in [0, 0.1) is 13.8 Å². The van der Waals surface area contributed by atoms with Gasteiger partial charge in [-0.25, -0.2) is 0 Å². The van der Waals surface area contributed by atoms with Gasteiger partial charge in [0, 0.05) is 17.8 Å². The van der Waals surface area contributed by atoms with Crippen molar-refractivity contribution in [2.45, 2.75) is 46.1 Å². The Morgan fingerprint density at radius 3 is 2.50 bits per heavy atom. The Labute approximate surface area is 165 Å². The van der Waals surface area contributed by atoms with Crippen LogP contribution in [-0.2, 0) is 9.59 Å². The highest BCUT2D eigenvalue weighted by atomic mass is 16.5. The van der Waals surface area contributed by atoms with E-state index in [1.54, 1.807) is 24.3 Å². The minimum atomic E-state index is -1.30. The van der Waals surface area contributed by atoms with E-state index >= 15 is 0 Å². The summed E-state index contributed by atoms with van der Waals surface area (Å²) < 4.78 is 5.52. The van der Waals surface area contributed by atoms with E-state index in [4.69, 9.17) is 4.74 Å². The number of hydrogen-bond acceptors (Lipinski definition) is 4. The smallest absolute Gasteiger partial charge is 0.256 e. The summed E-state index contributed by atoms with van der Waals surface area (Å²) in [6.45, 7) is 5.65. The van der Waals surface area contributed by atoms with Crippen LogP contribution in [0.5, 0.6) is 5.75 Å². The van der Waals surface area contributed by atoms with Crippen LogP contribution in [0.15, 0.2) is 42.5 Å². The van der Waals surface area contributed by atoms with E-state index in [0.29, 0.717) is 23.5 Å². The molecule has 0 radical (unpaired) electrons. The van der Waals surface area contributed by atoms with Gasteiger partial charge in [-0.2, -0.15) is 0 Å². The number of benzene rings is 2. The molecule has 6 nitrogen and oxygen atoms in total. The lowest BCUT2D eigenvalue weighted by molar-refractivity contribution is -0.125. The van der Waals surface area contributed by atoms with Crippen molar-refractivity contribution < 1.29 is 19.4 Å². The standard InChI is InChI=1S/C22H28N2O4/c1-4-5-10-21(26)24-18-12-11-17(13-16(18)3)23-22(27)19(25)14-28-20-9-7-6-8-15(20)2/h6-9,11-13,19,25H,4-5,10,14H2,1-3H3,(H,23,27)(H,24,26)/t19-/m0/s1. The van der Waals surface area contributed by atoms with Crippen molar-refractivity contribution in [3.63, 3.8) is 0 Å². The zero-order valence-corrected chi connectivity index (χ0v) is 16.6. The van der Waals surface area contributed by atoms with E-state index in [2.05, 4.69) is 10.6 Å². The highest BCUT2D eigenvalue weighted by Gasteiger charge is 2.17. The van der Waals surface area contributed by atoms with Crippen molar-refractivity contribution in [3.8, 4) is 5.75 Å². The van der Waals surface area contributed by atoms with Crippen LogP contribution in [0.25, 0.3) is 0 Å². The van der Waals surface area contributed by atoms with Gasteiger partial charge in [0.25, 0.3) is 5.91 Å². The van der Waals surface area contributed by atoms with E-state index < -0.39 is 12.0 Å². The van der Waals surface area contributed by atoms with Crippen LogP contribution in [-0.4, -0.2) is 29.6 Å². The minimum absolute atomic E-state index is 0.0227. The van der Waals surface area contributed by atoms with Gasteiger partial charge in [0.1, 0.15) is 12.4 Å². The Hall–Kier alpha value is -2.86. The van der Waals surface area contributed by atoms with Crippen LogP contribution < -0.4 is 15.4 Å². The monoisotopic (exact) mass is 384 g/mol. The minimum Gasteiger partial charge on any atom is -0.490 e. The lowest BCUT2D eigenvalue weighted by atomic mass is 10.1. The van der Waals surface area contributed by atoms with E-state index in [1.165, 1.54) is 0 Å². The Morgan fingerprint density at radius 1 is 1.07 bits per heavy atom. The molecular weight excluding hydrogens is 356 g/mol. The number of rotatable bonds is 9. The molecule has 2 amide bonds. The highest BCUT2D eigenvalue weighted by Crippen LogP contribution is 2.21. The lowest BCUT2D eigenvalue weighted by Gasteiger charge is -2.15. The topological polar surface area (TPSA) is 87.7 Å². The molecule has 2 rings (SSSR count). The molecule has 0 heterocycles. The fourth-order valence-corrected chi connectivity index (χ4v) is 2.62. The highest BCUT2D eigenvalue weighted by molar-refractivity contribution is 5.95. The van der Waals surface area contributed by atoms with E-state index in [9.17, 15) is 14.7 Å². The Balaban J connectivity index is 1.89. The van der Waals surface area contributed by atoms with Gasteiger partial charge in [-0.3, -0.25) is 9.59 Å². The van der Waals surface area contributed by atoms with Gasteiger partial charge >= 0.3 is 0 Å². The third-order valence-electron chi connectivity index (χ3n) is 4.32. The molecule has 28 heavy (non-hydrogen) atoms. The summed E-state index contributed by atoms with van der Waals surface area (Å²) in [4.78, 5) is 24.1. The molecule has 0 unspecified atom stereocenters. The quantitative estimate of drug-likeness (QED) is 0.613. The molecule has 0 aliphatic carbocycles. The van der Waals surface area contributed by atoms with Crippen LogP contribution in [0.3, 0.4) is 0 Å². The zero-order chi connectivity index (χ0) is 20.5. The van der Waals surface area contributed by atoms with Crippen LogP contribution in [0.2, 0.25) is 0 Å². The maximum absolute atomic E-state index is 12.2. The Kier molecular flexibility index (Phi) is 8.02. The van der Waals surface area contributed by atoms with Crippen molar-refractivity contribution in [1.82, 2.24) is 0 Å². The number of para-hydroxylation sites is 1. The lowest BCUT2D eigenvalue weighted by Crippen LogP contribution is -2.33. The van der Waals surface area contributed by atoms with Crippen LogP contribution >= 0.6 is 0 Å². The summed E-state index contributed by atoms with van der Waals surface area (Å²) >= 11 is 0. The summed E-state index contributed by atoms with van der Waals surface area (Å²) in [6, 6.07) is 12.6. The first-order chi connectivity index (χ1) is 13.4. The fraction of sp³-hybridized carbons (Fsp3) is 0.364. The summed E-state index contributed by atoms with van der Waals surface area (Å²) in [5.74, 6) is 0.0617. The number of amides is 2. The number of aliphatic hydroxyl groups is 1. The number of anilines is 2. The number of aryl methyl sites for hydroxylation is 2. The second-order valence-electron chi connectivity index (χ2n) is 6.76. The van der Waals surface area contributed by atoms with Gasteiger partial charge in [-0.15, -0.1) is 0 Å². The zero-order valence-electron chi connectivity index (χ0n) is 16.6. The van der Waals surface area contributed by atoms with Gasteiger partial charge in [0.05, 0.1) is 0 Å². The molecule has 3 N–H and O–H groups in total. The molecule has 2 aromatic rings. The molecule has 0 aromatic heterocycles. The predicted molar refractivity (Wildman–Crippen MR) is 111 cm³/mol. The summed E-state index contributed by atoms with van der Waals surface area (Å²) in [5.41, 5.74) is 3.02. The number of carbonyl (C=O) groups excluding carboxylic acids is 2. The number of ether oxygens (including phenoxy) is 1. The molecule has 0 aliphatic heterocycles. The normalized spacial score (nSPS) is 11.6. The summed E-state index contributed by atoms with van der Waals surface area (Å²) in [7, 11) is 0. The van der Waals surface area contributed by atoms with Crippen molar-refractivity contribution in [1.29, 1.82) is 0 Å². The molecule has 150 valence electrons. The molecule has 0 fully saturated rings. The first-order valence-corrected chi connectivity index (χ1v) is 9.48. The maximum Gasteiger partial charge on any atom is 0.256 e. The molecule has 6 heteroatoms. The van der Waals surface area contributed by atoms with Gasteiger partial charge in [0.15, 0.2) is 6.10 Å². The van der Waals surface area contributed by atoms with Crippen molar-refractivity contribution in [3.05, 3.63) is 53.6 Å². The van der Waals surface area contributed by atoms with Gasteiger partial charge in [-0.1, -0.05) is 31.5 Å². The first kappa shape index (κ1) is 21.4. The molecule has 0 aliphatic rings. The third kappa shape index (κ3) is 6.39. The number of carbonyl (C=O) groups is 2. The maximum atomic E-state index is 12.2. The van der Waals surface area contributed by atoms with Gasteiger partial charge in [0.2, 0.25) is 5.91 Å². The molecule has 1 atom stereocenters. The molecule has 0 saturated carbocycles. The predicted octanol–water partition coefficient (Wildman–Crippen LogP) is 3.81. The molecule has 0 bridgehead atoms. The number of aliphatic hydroxyl groups excluding tert-OH is 1. The Bertz CT molecular complexity index is 820. The second kappa shape index (κ2) is 10.5. The van der Waals surface area contributed by atoms with E-state index in [1.807, 2.05) is 39.0 Å². The van der Waals surface area contributed by atoms with E-state index in [-0.39, 0.29) is 12.5 Å². The third-order valence-corrected chi connectivity index (χ3v) is 4.32. The van der Waals surface area contributed by atoms with Gasteiger partial charge in [-0.05, 0) is 55.7 Å². The molecular formula is C22H28N2O4. The number of unbranched alkanes of at least 4 members (excludes halogenated alkanes) is 1. The SMILES string of the molecule is CCCCC(=O)Nc1ccc(NC(=O)[C@@H](O)COc2ccccc2C)cc1C. The van der Waals surface area contributed by atoms with Crippen molar-refractivity contribution >= 4 is 23.2 Å². The largest absolute Gasteiger partial charge is 0.490 e. The molecule has 0 spiro atoms. The first-order valence-electron chi connectivity index (χ1n) is 9.48. The van der Waals surface area contributed by atoms with Crippen molar-refractivity contribution in [2.75, 3.05) is 17.2 Å². The average Bonchev–Trinajstić information content (AvgIpc) is 2.67. The van der Waals surface area contributed by atoms with Crippen LogP contribution in [0.4, 0.5) is 11.4 Å².